The largest absolute Gasteiger partial charge is 0.383 e. The lowest BCUT2D eigenvalue weighted by Gasteiger charge is -2.09. The van der Waals surface area contributed by atoms with Gasteiger partial charge in [0.2, 0.25) is 0 Å². The van der Waals surface area contributed by atoms with E-state index in [9.17, 15) is 0 Å². The lowest BCUT2D eigenvalue weighted by molar-refractivity contribution is 1.16. The summed E-state index contributed by atoms with van der Waals surface area (Å²) < 4.78 is 0.705. The molecular weight excluding hydrogens is 316 g/mol. The maximum absolute atomic E-state index is 5.98. The molecule has 0 aliphatic rings. The van der Waals surface area contributed by atoms with Crippen molar-refractivity contribution in [3.63, 3.8) is 0 Å². The van der Waals surface area contributed by atoms with Crippen LogP contribution in [0.2, 0.25) is 0 Å². The van der Waals surface area contributed by atoms with Gasteiger partial charge in [-0.05, 0) is 28.1 Å². The zero-order valence-electron chi connectivity index (χ0n) is 10.5. The monoisotopic (exact) mass is 326 g/mol. The van der Waals surface area contributed by atoms with E-state index in [4.69, 9.17) is 5.73 Å². The summed E-state index contributed by atoms with van der Waals surface area (Å²) in [7, 11) is 0. The minimum absolute atomic E-state index is 0.415. The summed E-state index contributed by atoms with van der Waals surface area (Å²) in [5.41, 5.74) is 8.57. The summed E-state index contributed by atoms with van der Waals surface area (Å²) in [5.74, 6) is 0.982. The summed E-state index contributed by atoms with van der Waals surface area (Å²) >= 11 is 3.46. The summed E-state index contributed by atoms with van der Waals surface area (Å²) in [6.45, 7) is 0. The molecule has 2 heterocycles. The first-order chi connectivity index (χ1) is 9.75. The minimum Gasteiger partial charge on any atom is -0.383 e. The van der Waals surface area contributed by atoms with Gasteiger partial charge < -0.3 is 5.73 Å². The van der Waals surface area contributed by atoms with Crippen molar-refractivity contribution in [3.8, 4) is 22.6 Å². The predicted octanol–water partition coefficient (Wildman–Crippen LogP) is 3.55. The summed E-state index contributed by atoms with van der Waals surface area (Å²) in [5, 5.41) is 0. The van der Waals surface area contributed by atoms with Crippen molar-refractivity contribution in [2.24, 2.45) is 0 Å². The summed E-state index contributed by atoms with van der Waals surface area (Å²) in [6, 6.07) is 13.6. The van der Waals surface area contributed by atoms with E-state index < -0.39 is 0 Å². The molecule has 0 atom stereocenters. The number of nitrogens with two attached hydrogens (primary N) is 1. The number of anilines is 1. The fourth-order valence-electron chi connectivity index (χ4n) is 1.88. The number of benzene rings is 1. The second-order valence-corrected chi connectivity index (χ2v) is 5.00. The molecule has 98 valence electrons. The average Bonchev–Trinajstić information content (AvgIpc) is 2.51. The first kappa shape index (κ1) is 12.7. The molecule has 1 aromatic carbocycles. The number of nitrogens with zero attached hydrogens (tertiary/aromatic N) is 3. The zero-order chi connectivity index (χ0) is 13.9. The van der Waals surface area contributed by atoms with Crippen LogP contribution in [-0.4, -0.2) is 15.0 Å². The van der Waals surface area contributed by atoms with Gasteiger partial charge in [0.05, 0.1) is 10.2 Å². The van der Waals surface area contributed by atoms with Crippen LogP contribution in [0.3, 0.4) is 0 Å². The highest BCUT2D eigenvalue weighted by atomic mass is 79.9. The standard InChI is InChI=1S/C15H11BrN4/c16-12-13(10-5-2-1-3-6-10)19-15(20-14(12)17)11-7-4-8-18-9-11/h1-9H,(H2,17,19,20). The van der Waals surface area contributed by atoms with Crippen LogP contribution in [0.1, 0.15) is 0 Å². The maximum atomic E-state index is 5.98. The van der Waals surface area contributed by atoms with E-state index in [0.717, 1.165) is 16.8 Å². The van der Waals surface area contributed by atoms with Gasteiger partial charge in [0, 0.05) is 23.5 Å². The second-order valence-electron chi connectivity index (χ2n) is 4.20. The normalized spacial score (nSPS) is 10.4. The quantitative estimate of drug-likeness (QED) is 0.782. The molecule has 0 unspecified atom stereocenters. The lowest BCUT2D eigenvalue weighted by Crippen LogP contribution is -2.00. The van der Waals surface area contributed by atoms with E-state index in [2.05, 4.69) is 30.9 Å². The molecule has 2 N–H and O–H groups in total. The average molecular weight is 327 g/mol. The van der Waals surface area contributed by atoms with Crippen molar-refractivity contribution in [3.05, 3.63) is 59.3 Å². The highest BCUT2D eigenvalue weighted by Crippen LogP contribution is 2.31. The molecule has 0 saturated heterocycles. The van der Waals surface area contributed by atoms with Gasteiger partial charge in [0.25, 0.3) is 0 Å². The Morgan fingerprint density at radius 2 is 1.65 bits per heavy atom. The number of hydrogen-bond acceptors (Lipinski definition) is 4. The van der Waals surface area contributed by atoms with E-state index in [1.165, 1.54) is 0 Å². The summed E-state index contributed by atoms with van der Waals surface area (Å²) in [4.78, 5) is 13.0. The number of rotatable bonds is 2. The molecule has 0 amide bonds. The Bertz CT molecular complexity index is 730. The minimum atomic E-state index is 0.415. The molecule has 3 aromatic rings. The van der Waals surface area contributed by atoms with Crippen LogP contribution in [0.4, 0.5) is 5.82 Å². The fraction of sp³-hybridized carbons (Fsp3) is 0. The number of pyridine rings is 1. The van der Waals surface area contributed by atoms with Crippen molar-refractivity contribution in [2.75, 3.05) is 5.73 Å². The van der Waals surface area contributed by atoms with Gasteiger partial charge in [-0.15, -0.1) is 0 Å². The molecular formula is C15H11BrN4. The molecule has 0 fully saturated rings. The molecule has 0 spiro atoms. The van der Waals surface area contributed by atoms with Gasteiger partial charge in [-0.2, -0.15) is 0 Å². The first-order valence-corrected chi connectivity index (χ1v) is 6.84. The Morgan fingerprint density at radius 1 is 0.900 bits per heavy atom. The Balaban J connectivity index is 2.19. The third kappa shape index (κ3) is 2.40. The van der Waals surface area contributed by atoms with Crippen molar-refractivity contribution >= 4 is 21.7 Å². The van der Waals surface area contributed by atoms with E-state index in [-0.39, 0.29) is 0 Å². The Morgan fingerprint density at radius 3 is 2.35 bits per heavy atom. The number of halogens is 1. The van der Waals surface area contributed by atoms with Crippen LogP contribution in [0, 0.1) is 0 Å². The Labute approximate surface area is 124 Å². The van der Waals surface area contributed by atoms with E-state index in [1.807, 2.05) is 42.5 Å². The fourth-order valence-corrected chi connectivity index (χ4v) is 2.28. The van der Waals surface area contributed by atoms with E-state index in [1.54, 1.807) is 12.4 Å². The van der Waals surface area contributed by atoms with Crippen molar-refractivity contribution < 1.29 is 0 Å². The number of hydrogen-bond donors (Lipinski definition) is 1. The van der Waals surface area contributed by atoms with Gasteiger partial charge in [0.15, 0.2) is 5.82 Å². The number of nitrogen functional groups attached to an aromatic ring is 1. The lowest BCUT2D eigenvalue weighted by atomic mass is 10.1. The van der Waals surface area contributed by atoms with Gasteiger partial charge >= 0.3 is 0 Å². The van der Waals surface area contributed by atoms with Gasteiger partial charge in [-0.3, -0.25) is 4.98 Å². The highest BCUT2D eigenvalue weighted by Gasteiger charge is 2.12. The molecule has 5 heteroatoms. The van der Waals surface area contributed by atoms with Crippen molar-refractivity contribution in [1.82, 2.24) is 15.0 Å². The Hall–Kier alpha value is -2.27. The molecule has 2 aromatic heterocycles. The summed E-state index contributed by atoms with van der Waals surface area (Å²) in [6.07, 6.45) is 3.43. The molecule has 0 saturated carbocycles. The maximum Gasteiger partial charge on any atom is 0.163 e. The van der Waals surface area contributed by atoms with E-state index in [0.29, 0.717) is 16.1 Å². The SMILES string of the molecule is Nc1nc(-c2cccnc2)nc(-c2ccccc2)c1Br. The van der Waals surface area contributed by atoms with Gasteiger partial charge in [-0.25, -0.2) is 9.97 Å². The van der Waals surface area contributed by atoms with Crippen LogP contribution in [0.15, 0.2) is 59.3 Å². The molecule has 4 nitrogen and oxygen atoms in total. The highest BCUT2D eigenvalue weighted by molar-refractivity contribution is 9.10. The van der Waals surface area contributed by atoms with Crippen LogP contribution in [-0.2, 0) is 0 Å². The Kier molecular flexibility index (Phi) is 3.43. The second kappa shape index (κ2) is 5.38. The molecule has 0 radical (unpaired) electrons. The number of aromatic nitrogens is 3. The van der Waals surface area contributed by atoms with Crippen LogP contribution in [0.25, 0.3) is 22.6 Å². The van der Waals surface area contributed by atoms with Gasteiger partial charge in [-0.1, -0.05) is 30.3 Å². The van der Waals surface area contributed by atoms with Crippen molar-refractivity contribution in [2.45, 2.75) is 0 Å². The topological polar surface area (TPSA) is 64.7 Å². The van der Waals surface area contributed by atoms with Gasteiger partial charge in [0.1, 0.15) is 5.82 Å². The van der Waals surface area contributed by atoms with Crippen LogP contribution >= 0.6 is 15.9 Å². The predicted molar refractivity (Wildman–Crippen MR) is 82.8 cm³/mol. The molecule has 0 aliphatic carbocycles. The van der Waals surface area contributed by atoms with Crippen molar-refractivity contribution in [1.29, 1.82) is 0 Å². The smallest absolute Gasteiger partial charge is 0.163 e. The molecule has 0 aliphatic heterocycles. The third-order valence-corrected chi connectivity index (χ3v) is 3.63. The van der Waals surface area contributed by atoms with Crippen LogP contribution in [0.5, 0.6) is 0 Å². The van der Waals surface area contributed by atoms with Crippen LogP contribution < -0.4 is 5.73 Å². The zero-order valence-corrected chi connectivity index (χ0v) is 12.1. The van der Waals surface area contributed by atoms with E-state index >= 15 is 0 Å². The third-order valence-electron chi connectivity index (χ3n) is 2.84. The molecule has 0 bridgehead atoms. The first-order valence-electron chi connectivity index (χ1n) is 6.04. The molecule has 20 heavy (non-hydrogen) atoms. The molecule has 3 rings (SSSR count).